The Morgan fingerprint density at radius 2 is 2.00 bits per heavy atom. The zero-order valence-corrected chi connectivity index (χ0v) is 10.3. The van der Waals surface area contributed by atoms with Gasteiger partial charge < -0.3 is 5.11 Å². The molecule has 1 aromatic carbocycles. The van der Waals surface area contributed by atoms with Crippen molar-refractivity contribution in [1.29, 1.82) is 0 Å². The van der Waals surface area contributed by atoms with E-state index in [1.165, 1.54) is 11.1 Å². The van der Waals surface area contributed by atoms with Crippen LogP contribution in [0.25, 0.3) is 0 Å². The van der Waals surface area contributed by atoms with E-state index in [9.17, 15) is 5.11 Å². The third kappa shape index (κ3) is 2.23. The molecule has 92 valence electrons. The predicted octanol–water partition coefficient (Wildman–Crippen LogP) is 3.13. The van der Waals surface area contributed by atoms with E-state index < -0.39 is 0 Å². The summed E-state index contributed by atoms with van der Waals surface area (Å²) in [6.07, 6.45) is 8.06. The van der Waals surface area contributed by atoms with E-state index in [0.717, 1.165) is 31.2 Å². The minimum Gasteiger partial charge on any atom is -0.508 e. The average molecular weight is 239 g/mol. The molecule has 0 saturated carbocycles. The van der Waals surface area contributed by atoms with Gasteiger partial charge in [0.05, 0.1) is 0 Å². The number of rotatable bonds is 2. The largest absolute Gasteiger partial charge is 0.508 e. The number of hydrogen-bond acceptors (Lipinski definition) is 2. The summed E-state index contributed by atoms with van der Waals surface area (Å²) in [5.41, 5.74) is 3.84. The van der Waals surface area contributed by atoms with Gasteiger partial charge in [0.15, 0.2) is 0 Å². The number of aromatic nitrogens is 1. The molecule has 0 radical (unpaired) electrons. The number of nitrogens with zero attached hydrogens (tertiary/aromatic N) is 1. The van der Waals surface area contributed by atoms with Crippen LogP contribution in [-0.4, -0.2) is 10.1 Å². The highest BCUT2D eigenvalue weighted by atomic mass is 16.3. The molecule has 0 spiro atoms. The Hall–Kier alpha value is -1.83. The first kappa shape index (κ1) is 11.3. The van der Waals surface area contributed by atoms with Crippen LogP contribution in [0, 0.1) is 5.92 Å². The van der Waals surface area contributed by atoms with Crippen LogP contribution in [-0.2, 0) is 19.3 Å². The molecule has 2 aromatic rings. The smallest absolute Gasteiger partial charge is 0.119 e. The number of fused-ring (bicyclic) bond motifs is 1. The van der Waals surface area contributed by atoms with Crippen molar-refractivity contribution >= 4 is 0 Å². The molecule has 0 amide bonds. The second-order valence-corrected chi connectivity index (χ2v) is 5.08. The van der Waals surface area contributed by atoms with Crippen molar-refractivity contribution in [3.05, 3.63) is 59.4 Å². The van der Waals surface area contributed by atoms with Crippen molar-refractivity contribution in [2.75, 3.05) is 0 Å². The third-order valence-corrected chi connectivity index (χ3v) is 3.83. The number of phenols is 1. The number of benzene rings is 1. The molecule has 18 heavy (non-hydrogen) atoms. The number of phenolic OH excluding ortho intramolecular Hbond substituents is 1. The van der Waals surface area contributed by atoms with E-state index in [4.69, 9.17) is 0 Å². The molecule has 2 nitrogen and oxygen atoms in total. The quantitative estimate of drug-likeness (QED) is 0.873. The van der Waals surface area contributed by atoms with E-state index >= 15 is 0 Å². The number of hydrogen-bond donors (Lipinski definition) is 1. The maximum atomic E-state index is 9.82. The zero-order chi connectivity index (χ0) is 12.4. The summed E-state index contributed by atoms with van der Waals surface area (Å²) in [6.45, 7) is 0. The fraction of sp³-hybridized carbons (Fsp3) is 0.312. The van der Waals surface area contributed by atoms with Crippen molar-refractivity contribution in [2.24, 2.45) is 5.92 Å². The predicted molar refractivity (Wildman–Crippen MR) is 71.6 cm³/mol. The van der Waals surface area contributed by atoms with Crippen LogP contribution in [0.2, 0.25) is 0 Å². The SMILES string of the molecule is Oc1cccc2c1CC[C@@H](Cc1ccncc1)C2. The highest BCUT2D eigenvalue weighted by Gasteiger charge is 2.20. The van der Waals surface area contributed by atoms with Crippen LogP contribution in [0.3, 0.4) is 0 Å². The van der Waals surface area contributed by atoms with Crippen LogP contribution in [0.5, 0.6) is 5.75 Å². The molecule has 1 aliphatic carbocycles. The summed E-state index contributed by atoms with van der Waals surface area (Å²) in [4.78, 5) is 4.05. The minimum atomic E-state index is 0.467. The van der Waals surface area contributed by atoms with E-state index in [0.29, 0.717) is 11.7 Å². The van der Waals surface area contributed by atoms with E-state index in [1.807, 2.05) is 18.5 Å². The van der Waals surface area contributed by atoms with Gasteiger partial charge in [0.25, 0.3) is 0 Å². The standard InChI is InChI=1S/C16H17NO/c18-16-3-1-2-14-11-13(4-5-15(14)16)10-12-6-8-17-9-7-12/h1-3,6-9,13,18H,4-5,10-11H2/t13-/m0/s1. The Bertz CT molecular complexity index is 536. The molecule has 1 N–H and O–H groups in total. The van der Waals surface area contributed by atoms with Crippen molar-refractivity contribution in [3.8, 4) is 5.75 Å². The fourth-order valence-electron chi connectivity index (χ4n) is 2.89. The van der Waals surface area contributed by atoms with Gasteiger partial charge in [-0.3, -0.25) is 4.98 Å². The highest BCUT2D eigenvalue weighted by Crippen LogP contribution is 2.32. The van der Waals surface area contributed by atoms with Crippen LogP contribution in [0.1, 0.15) is 23.1 Å². The van der Waals surface area contributed by atoms with Gasteiger partial charge in [-0.25, -0.2) is 0 Å². The average Bonchev–Trinajstić information content (AvgIpc) is 2.40. The second kappa shape index (κ2) is 4.81. The topological polar surface area (TPSA) is 33.1 Å². The maximum Gasteiger partial charge on any atom is 0.119 e. The van der Waals surface area contributed by atoms with Gasteiger partial charge >= 0.3 is 0 Å². The lowest BCUT2D eigenvalue weighted by molar-refractivity contribution is 0.426. The van der Waals surface area contributed by atoms with E-state index in [1.54, 1.807) is 6.07 Å². The van der Waals surface area contributed by atoms with Crippen LogP contribution >= 0.6 is 0 Å². The van der Waals surface area contributed by atoms with Crippen molar-refractivity contribution in [1.82, 2.24) is 4.98 Å². The molecule has 3 rings (SSSR count). The molecule has 2 heteroatoms. The Morgan fingerprint density at radius 3 is 2.83 bits per heavy atom. The summed E-state index contributed by atoms with van der Waals surface area (Å²) in [5, 5.41) is 9.82. The Labute approximate surface area is 107 Å². The van der Waals surface area contributed by atoms with Gasteiger partial charge in [-0.2, -0.15) is 0 Å². The van der Waals surface area contributed by atoms with E-state index in [-0.39, 0.29) is 0 Å². The molecule has 1 heterocycles. The van der Waals surface area contributed by atoms with Crippen molar-refractivity contribution in [2.45, 2.75) is 25.7 Å². The molecule has 1 aromatic heterocycles. The van der Waals surface area contributed by atoms with Crippen LogP contribution in [0.4, 0.5) is 0 Å². The lowest BCUT2D eigenvalue weighted by atomic mass is 9.80. The Morgan fingerprint density at radius 1 is 1.17 bits per heavy atom. The van der Waals surface area contributed by atoms with Gasteiger partial charge in [0.2, 0.25) is 0 Å². The molecule has 0 aliphatic heterocycles. The molecule has 1 atom stereocenters. The summed E-state index contributed by atoms with van der Waals surface area (Å²) in [5.74, 6) is 1.15. The maximum absolute atomic E-state index is 9.82. The van der Waals surface area contributed by atoms with Gasteiger partial charge in [-0.1, -0.05) is 12.1 Å². The third-order valence-electron chi connectivity index (χ3n) is 3.83. The molecule has 0 unspecified atom stereocenters. The van der Waals surface area contributed by atoms with Gasteiger partial charge in [0.1, 0.15) is 5.75 Å². The lowest BCUT2D eigenvalue weighted by Gasteiger charge is -2.25. The molecular formula is C16H17NO. The fourth-order valence-corrected chi connectivity index (χ4v) is 2.89. The Kier molecular flexibility index (Phi) is 3.01. The second-order valence-electron chi connectivity index (χ2n) is 5.08. The van der Waals surface area contributed by atoms with E-state index in [2.05, 4.69) is 23.2 Å². The van der Waals surface area contributed by atoms with Gasteiger partial charge in [-0.05, 0) is 66.5 Å². The summed E-state index contributed by atoms with van der Waals surface area (Å²) in [7, 11) is 0. The first-order chi connectivity index (χ1) is 8.83. The first-order valence-corrected chi connectivity index (χ1v) is 6.51. The zero-order valence-electron chi connectivity index (χ0n) is 10.3. The monoisotopic (exact) mass is 239 g/mol. The van der Waals surface area contributed by atoms with Crippen LogP contribution in [0.15, 0.2) is 42.7 Å². The molecule has 0 bridgehead atoms. The number of aromatic hydroxyl groups is 1. The highest BCUT2D eigenvalue weighted by molar-refractivity contribution is 5.41. The lowest BCUT2D eigenvalue weighted by Crippen LogP contribution is -2.16. The Balaban J connectivity index is 1.76. The van der Waals surface area contributed by atoms with Crippen molar-refractivity contribution < 1.29 is 5.11 Å². The molecule has 0 fully saturated rings. The van der Waals surface area contributed by atoms with Gasteiger partial charge in [0, 0.05) is 12.4 Å². The molecular weight excluding hydrogens is 222 g/mol. The summed E-state index contributed by atoms with van der Waals surface area (Å²) >= 11 is 0. The molecule has 1 aliphatic rings. The minimum absolute atomic E-state index is 0.467. The number of pyridine rings is 1. The van der Waals surface area contributed by atoms with Crippen LogP contribution < -0.4 is 0 Å². The first-order valence-electron chi connectivity index (χ1n) is 6.51. The summed E-state index contributed by atoms with van der Waals surface area (Å²) < 4.78 is 0. The molecule has 0 saturated heterocycles. The van der Waals surface area contributed by atoms with Crippen molar-refractivity contribution in [3.63, 3.8) is 0 Å². The normalized spacial score (nSPS) is 18.3. The summed E-state index contributed by atoms with van der Waals surface area (Å²) in [6, 6.07) is 10.1. The van der Waals surface area contributed by atoms with Gasteiger partial charge in [-0.15, -0.1) is 0 Å².